The van der Waals surface area contributed by atoms with Gasteiger partial charge in [-0.1, -0.05) is 32.9 Å². The number of methoxy groups -OCH3 is 1. The number of benzene rings is 2. The van der Waals surface area contributed by atoms with Crippen LogP contribution in [0.2, 0.25) is 0 Å². The van der Waals surface area contributed by atoms with Crippen LogP contribution in [0.25, 0.3) is 0 Å². The van der Waals surface area contributed by atoms with Crippen LogP contribution in [0, 0.1) is 16.7 Å². The van der Waals surface area contributed by atoms with Crippen LogP contribution in [0.5, 0.6) is 0 Å². The minimum absolute atomic E-state index is 0.180. The molecule has 0 aliphatic carbocycles. The third kappa shape index (κ3) is 8.09. The maximum absolute atomic E-state index is 14.2. The molecule has 0 spiro atoms. The minimum Gasteiger partial charge on any atom is -0.465 e. The van der Waals surface area contributed by atoms with Crippen LogP contribution in [0.4, 0.5) is 10.5 Å². The van der Waals surface area contributed by atoms with Crippen molar-refractivity contribution < 1.29 is 28.7 Å². The molecular formula is C32H40N4O6. The maximum atomic E-state index is 14.2. The first kappa shape index (κ1) is 32.1. The first-order chi connectivity index (χ1) is 19.6. The Morgan fingerprint density at radius 2 is 1.64 bits per heavy atom. The van der Waals surface area contributed by atoms with E-state index >= 15 is 0 Å². The lowest BCUT2D eigenvalue weighted by atomic mass is 9.85. The van der Waals surface area contributed by atoms with Gasteiger partial charge in [-0.2, -0.15) is 5.26 Å². The van der Waals surface area contributed by atoms with E-state index in [0.29, 0.717) is 36.2 Å². The van der Waals surface area contributed by atoms with E-state index in [1.807, 2.05) is 20.8 Å². The van der Waals surface area contributed by atoms with E-state index in [1.54, 1.807) is 79.1 Å². The van der Waals surface area contributed by atoms with Gasteiger partial charge in [0.1, 0.15) is 17.7 Å². The number of hydrogen-bond acceptors (Lipinski definition) is 7. The average Bonchev–Trinajstić information content (AvgIpc) is 3.42. The minimum atomic E-state index is -0.924. The van der Waals surface area contributed by atoms with E-state index in [-0.39, 0.29) is 18.4 Å². The quantitative estimate of drug-likeness (QED) is 0.469. The molecule has 0 aromatic heterocycles. The highest BCUT2D eigenvalue weighted by atomic mass is 16.6. The highest BCUT2D eigenvalue weighted by Crippen LogP contribution is 2.29. The monoisotopic (exact) mass is 576 g/mol. The molecule has 1 fully saturated rings. The summed E-state index contributed by atoms with van der Waals surface area (Å²) in [5.41, 5.74) is 0.765. The van der Waals surface area contributed by atoms with Crippen molar-refractivity contribution in [1.29, 1.82) is 5.26 Å². The predicted octanol–water partition coefficient (Wildman–Crippen LogP) is 4.81. The summed E-state index contributed by atoms with van der Waals surface area (Å²) in [5, 5.41) is 11.9. The van der Waals surface area contributed by atoms with Crippen molar-refractivity contribution in [1.82, 2.24) is 10.2 Å². The molecular weight excluding hydrogens is 536 g/mol. The Morgan fingerprint density at radius 3 is 2.17 bits per heavy atom. The molecule has 224 valence electrons. The lowest BCUT2D eigenvalue weighted by molar-refractivity contribution is -0.141. The number of likely N-dealkylation sites (tertiary alicyclic amines) is 1. The number of hydrogen-bond donors (Lipinski definition) is 1. The summed E-state index contributed by atoms with van der Waals surface area (Å²) >= 11 is 0. The zero-order chi connectivity index (χ0) is 31.2. The number of rotatable bonds is 7. The molecule has 0 unspecified atom stereocenters. The number of esters is 1. The molecule has 3 amide bonds. The molecule has 1 aliphatic heterocycles. The fourth-order valence-electron chi connectivity index (χ4n) is 4.77. The summed E-state index contributed by atoms with van der Waals surface area (Å²) in [7, 11) is 1.30. The molecule has 0 radical (unpaired) electrons. The number of amides is 3. The molecule has 0 saturated carbocycles. The van der Waals surface area contributed by atoms with E-state index in [4.69, 9.17) is 9.47 Å². The van der Waals surface area contributed by atoms with Gasteiger partial charge in [-0.05, 0) is 81.0 Å². The van der Waals surface area contributed by atoms with Gasteiger partial charge >= 0.3 is 12.1 Å². The second kappa shape index (κ2) is 13.1. The smallest absolute Gasteiger partial charge is 0.408 e. The van der Waals surface area contributed by atoms with E-state index < -0.39 is 35.2 Å². The Bertz CT molecular complexity index is 1330. The van der Waals surface area contributed by atoms with Gasteiger partial charge in [-0.3, -0.25) is 9.59 Å². The van der Waals surface area contributed by atoms with Crippen LogP contribution in [-0.2, 0) is 25.6 Å². The van der Waals surface area contributed by atoms with Crippen molar-refractivity contribution in [3.05, 3.63) is 65.2 Å². The Kier molecular flexibility index (Phi) is 9.99. The zero-order valence-corrected chi connectivity index (χ0v) is 25.4. The van der Waals surface area contributed by atoms with Crippen LogP contribution in [0.1, 0.15) is 75.9 Å². The molecule has 1 heterocycles. The van der Waals surface area contributed by atoms with Crippen molar-refractivity contribution in [2.45, 2.75) is 78.6 Å². The van der Waals surface area contributed by atoms with Crippen LogP contribution in [0.3, 0.4) is 0 Å². The standard InChI is InChI=1S/C32H40N4O6/c1-31(2,3)26(34-30(40)42-32(4,5)6)28(38)35-18-8-9-25(35)27(37)36(20-22-12-10-21(19-33)11-13-22)24-16-14-23(15-17-24)29(39)41-7/h10-17,25-26H,8-9,18,20H2,1-7H3,(H,34,40)/t25-,26+/m0/s1. The molecule has 2 atom stereocenters. The topological polar surface area (TPSA) is 129 Å². The van der Waals surface area contributed by atoms with E-state index in [0.717, 1.165) is 5.56 Å². The molecule has 0 bridgehead atoms. The van der Waals surface area contributed by atoms with Gasteiger partial charge in [0, 0.05) is 12.2 Å². The molecule has 10 heteroatoms. The third-order valence-corrected chi connectivity index (χ3v) is 6.88. The fourth-order valence-corrected chi connectivity index (χ4v) is 4.77. The van der Waals surface area contributed by atoms with Gasteiger partial charge in [-0.25, -0.2) is 9.59 Å². The van der Waals surface area contributed by atoms with Crippen LogP contribution >= 0.6 is 0 Å². The molecule has 1 aliphatic rings. The van der Waals surface area contributed by atoms with Gasteiger partial charge in [0.25, 0.3) is 0 Å². The second-order valence-electron chi connectivity index (χ2n) is 12.4. The van der Waals surface area contributed by atoms with Gasteiger partial charge < -0.3 is 24.6 Å². The van der Waals surface area contributed by atoms with Crippen molar-refractivity contribution in [2.75, 3.05) is 18.6 Å². The number of nitrogens with one attached hydrogen (secondary N) is 1. The van der Waals surface area contributed by atoms with Gasteiger partial charge in [0.2, 0.25) is 11.8 Å². The lowest BCUT2D eigenvalue weighted by Crippen LogP contribution is -2.58. The number of carbonyl (C=O) groups is 4. The van der Waals surface area contributed by atoms with Crippen molar-refractivity contribution in [3.8, 4) is 6.07 Å². The zero-order valence-electron chi connectivity index (χ0n) is 25.4. The Morgan fingerprint density at radius 1 is 1.02 bits per heavy atom. The van der Waals surface area contributed by atoms with E-state index in [2.05, 4.69) is 11.4 Å². The summed E-state index contributed by atoms with van der Waals surface area (Å²) in [4.78, 5) is 55.9. The number of carbonyl (C=O) groups excluding carboxylic acids is 4. The summed E-state index contributed by atoms with van der Waals surface area (Å²) < 4.78 is 10.2. The first-order valence-electron chi connectivity index (χ1n) is 13.9. The van der Waals surface area contributed by atoms with E-state index in [9.17, 15) is 24.4 Å². The second-order valence-corrected chi connectivity index (χ2v) is 12.4. The van der Waals surface area contributed by atoms with Gasteiger partial charge in [0.05, 0.1) is 30.9 Å². The number of nitriles is 1. The largest absolute Gasteiger partial charge is 0.465 e. The molecule has 42 heavy (non-hydrogen) atoms. The Balaban J connectivity index is 1.94. The molecule has 1 saturated heterocycles. The van der Waals surface area contributed by atoms with Crippen molar-refractivity contribution in [2.24, 2.45) is 5.41 Å². The SMILES string of the molecule is COC(=O)c1ccc(N(Cc2ccc(C#N)cc2)C(=O)[C@@H]2CCCN2C(=O)[C@@H](NC(=O)OC(C)(C)C)C(C)(C)C)cc1. The molecule has 1 N–H and O–H groups in total. The number of ether oxygens (including phenoxy) is 2. The Hall–Kier alpha value is -4.39. The summed E-state index contributed by atoms with van der Waals surface area (Å²) in [6, 6.07) is 13.8. The average molecular weight is 577 g/mol. The summed E-state index contributed by atoms with van der Waals surface area (Å²) in [6.07, 6.45) is 0.376. The highest BCUT2D eigenvalue weighted by molar-refractivity contribution is 6.01. The van der Waals surface area contributed by atoms with Gasteiger partial charge in [-0.15, -0.1) is 0 Å². The maximum Gasteiger partial charge on any atom is 0.408 e. The molecule has 2 aromatic carbocycles. The number of nitrogens with zero attached hydrogens (tertiary/aromatic N) is 3. The molecule has 3 rings (SSSR count). The number of alkyl carbamates (subject to hydrolysis) is 1. The Labute approximate surface area is 247 Å². The summed E-state index contributed by atoms with van der Waals surface area (Å²) in [6.45, 7) is 11.3. The molecule has 2 aromatic rings. The first-order valence-corrected chi connectivity index (χ1v) is 13.9. The van der Waals surface area contributed by atoms with Crippen LogP contribution in [0.15, 0.2) is 48.5 Å². The van der Waals surface area contributed by atoms with Crippen LogP contribution < -0.4 is 10.2 Å². The van der Waals surface area contributed by atoms with E-state index in [1.165, 1.54) is 7.11 Å². The molecule has 10 nitrogen and oxygen atoms in total. The van der Waals surface area contributed by atoms with Crippen molar-refractivity contribution in [3.63, 3.8) is 0 Å². The lowest BCUT2D eigenvalue weighted by Gasteiger charge is -2.37. The highest BCUT2D eigenvalue weighted by Gasteiger charge is 2.43. The fraction of sp³-hybridized carbons (Fsp3) is 0.469. The normalized spacial score (nSPS) is 15.8. The van der Waals surface area contributed by atoms with Crippen LogP contribution in [-0.4, -0.2) is 60.1 Å². The summed E-state index contributed by atoms with van der Waals surface area (Å²) in [5.74, 6) is -1.14. The predicted molar refractivity (Wildman–Crippen MR) is 157 cm³/mol. The third-order valence-electron chi connectivity index (χ3n) is 6.88. The number of anilines is 1. The van der Waals surface area contributed by atoms with Gasteiger partial charge in [0.15, 0.2) is 0 Å². The van der Waals surface area contributed by atoms with Crippen molar-refractivity contribution >= 4 is 29.6 Å².